The fraction of sp³-hybridized carbons (Fsp3) is 0.389. The fourth-order valence-corrected chi connectivity index (χ4v) is 3.36. The van der Waals surface area contributed by atoms with E-state index < -0.39 is 0 Å². The summed E-state index contributed by atoms with van der Waals surface area (Å²) >= 11 is 0. The van der Waals surface area contributed by atoms with Crippen LogP contribution in [0.2, 0.25) is 0 Å². The van der Waals surface area contributed by atoms with E-state index in [2.05, 4.69) is 4.98 Å². The lowest BCUT2D eigenvalue weighted by Gasteiger charge is -2.30. The van der Waals surface area contributed by atoms with Gasteiger partial charge in [-0.15, -0.1) is 0 Å². The number of nitrogens with zero attached hydrogens (tertiary/aromatic N) is 3. The number of aryl methyl sites for hydroxylation is 1. The summed E-state index contributed by atoms with van der Waals surface area (Å²) in [5.41, 5.74) is 7.91. The van der Waals surface area contributed by atoms with Crippen LogP contribution in [0.3, 0.4) is 0 Å². The zero-order valence-electron chi connectivity index (χ0n) is 14.0. The molecule has 2 N–H and O–H groups in total. The highest BCUT2D eigenvalue weighted by Gasteiger charge is 2.28. The summed E-state index contributed by atoms with van der Waals surface area (Å²) in [5, 5.41) is 0. The molecule has 6 heteroatoms. The summed E-state index contributed by atoms with van der Waals surface area (Å²) in [5.74, 6) is 0.428. The van der Waals surface area contributed by atoms with Gasteiger partial charge in [-0.3, -0.25) is 9.59 Å². The number of primary amides is 1. The third kappa shape index (κ3) is 2.91. The van der Waals surface area contributed by atoms with Gasteiger partial charge in [-0.05, 0) is 44.9 Å². The molecule has 1 fully saturated rings. The Hall–Kier alpha value is -2.63. The van der Waals surface area contributed by atoms with Crippen molar-refractivity contribution >= 4 is 11.8 Å². The molecule has 0 unspecified atom stereocenters. The predicted octanol–water partition coefficient (Wildman–Crippen LogP) is 1.83. The van der Waals surface area contributed by atoms with Gasteiger partial charge >= 0.3 is 0 Å². The van der Waals surface area contributed by atoms with Gasteiger partial charge < -0.3 is 15.2 Å². The Balaban J connectivity index is 1.83. The minimum atomic E-state index is -0.268. The lowest BCUT2D eigenvalue weighted by molar-refractivity contribution is -0.123. The lowest BCUT2D eigenvalue weighted by atomic mass is 9.96. The summed E-state index contributed by atoms with van der Waals surface area (Å²) in [6.45, 7) is 5.04. The molecule has 2 aromatic rings. The van der Waals surface area contributed by atoms with Crippen molar-refractivity contribution in [3.63, 3.8) is 0 Å². The Morgan fingerprint density at radius 3 is 2.50 bits per heavy atom. The van der Waals surface area contributed by atoms with E-state index in [1.54, 1.807) is 6.20 Å². The molecule has 1 aliphatic rings. The first kappa shape index (κ1) is 16.2. The molecule has 0 aromatic carbocycles. The van der Waals surface area contributed by atoms with E-state index in [9.17, 15) is 9.59 Å². The standard InChI is InChI=1S/C18H22N4O2/c1-12-11-15(13(2)22(12)16-5-3-4-8-20-16)18(24)21-9-6-14(7-10-21)17(19)23/h3-5,8,11,14H,6-7,9-10H2,1-2H3,(H2,19,23). The maximum Gasteiger partial charge on any atom is 0.255 e. The van der Waals surface area contributed by atoms with E-state index in [0.717, 1.165) is 17.2 Å². The molecular weight excluding hydrogens is 304 g/mol. The van der Waals surface area contributed by atoms with Gasteiger partial charge in [0.25, 0.3) is 5.91 Å². The van der Waals surface area contributed by atoms with Crippen LogP contribution in [0.5, 0.6) is 0 Å². The number of carbonyl (C=O) groups excluding carboxylic acids is 2. The first-order valence-corrected chi connectivity index (χ1v) is 8.18. The molecule has 3 heterocycles. The van der Waals surface area contributed by atoms with Crippen molar-refractivity contribution in [2.75, 3.05) is 13.1 Å². The van der Waals surface area contributed by atoms with Gasteiger partial charge in [0, 0.05) is 36.6 Å². The van der Waals surface area contributed by atoms with Crippen molar-refractivity contribution in [2.24, 2.45) is 11.7 Å². The molecule has 0 spiro atoms. The number of hydrogen-bond acceptors (Lipinski definition) is 3. The summed E-state index contributed by atoms with van der Waals surface area (Å²) < 4.78 is 1.99. The number of amides is 2. The van der Waals surface area contributed by atoms with Gasteiger partial charge in [-0.1, -0.05) is 6.07 Å². The van der Waals surface area contributed by atoms with E-state index in [-0.39, 0.29) is 17.7 Å². The van der Waals surface area contributed by atoms with Gasteiger partial charge in [-0.2, -0.15) is 0 Å². The van der Waals surface area contributed by atoms with Gasteiger partial charge in [0.15, 0.2) is 0 Å². The van der Waals surface area contributed by atoms with Crippen LogP contribution in [-0.4, -0.2) is 39.4 Å². The molecule has 6 nitrogen and oxygen atoms in total. The topological polar surface area (TPSA) is 81.2 Å². The first-order valence-electron chi connectivity index (χ1n) is 8.18. The van der Waals surface area contributed by atoms with Crippen molar-refractivity contribution < 1.29 is 9.59 Å². The molecule has 0 aliphatic carbocycles. The SMILES string of the molecule is Cc1cc(C(=O)N2CCC(C(N)=O)CC2)c(C)n1-c1ccccn1. The number of hydrogen-bond donors (Lipinski definition) is 1. The largest absolute Gasteiger partial charge is 0.369 e. The van der Waals surface area contributed by atoms with Crippen LogP contribution in [0.25, 0.3) is 5.82 Å². The van der Waals surface area contributed by atoms with Crippen LogP contribution in [0.15, 0.2) is 30.5 Å². The van der Waals surface area contributed by atoms with Gasteiger partial charge in [0.1, 0.15) is 5.82 Å². The Bertz CT molecular complexity index is 759. The van der Waals surface area contributed by atoms with E-state index >= 15 is 0 Å². The predicted molar refractivity (Wildman–Crippen MR) is 90.9 cm³/mol. The van der Waals surface area contributed by atoms with Gasteiger partial charge in [0.2, 0.25) is 5.91 Å². The summed E-state index contributed by atoms with van der Waals surface area (Å²) in [6, 6.07) is 7.63. The number of rotatable bonds is 3. The number of pyridine rings is 1. The van der Waals surface area contributed by atoms with E-state index in [1.165, 1.54) is 0 Å². The second-order valence-corrected chi connectivity index (χ2v) is 6.28. The van der Waals surface area contributed by atoms with Crippen LogP contribution in [0.1, 0.15) is 34.6 Å². The number of likely N-dealkylation sites (tertiary alicyclic amines) is 1. The third-order valence-corrected chi connectivity index (χ3v) is 4.72. The molecule has 0 bridgehead atoms. The monoisotopic (exact) mass is 326 g/mol. The second-order valence-electron chi connectivity index (χ2n) is 6.28. The summed E-state index contributed by atoms with van der Waals surface area (Å²) in [6.07, 6.45) is 3.02. The van der Waals surface area contributed by atoms with Gasteiger partial charge in [-0.25, -0.2) is 4.98 Å². The molecule has 0 radical (unpaired) electrons. The van der Waals surface area contributed by atoms with Crippen molar-refractivity contribution in [3.8, 4) is 5.82 Å². The Morgan fingerprint density at radius 1 is 1.21 bits per heavy atom. The van der Waals surface area contributed by atoms with Crippen LogP contribution in [-0.2, 0) is 4.79 Å². The maximum atomic E-state index is 12.9. The van der Waals surface area contributed by atoms with Crippen LogP contribution in [0, 0.1) is 19.8 Å². The molecule has 1 saturated heterocycles. The van der Waals surface area contributed by atoms with Crippen molar-refractivity contribution in [1.82, 2.24) is 14.5 Å². The molecule has 24 heavy (non-hydrogen) atoms. The number of aromatic nitrogens is 2. The molecule has 2 aromatic heterocycles. The summed E-state index contributed by atoms with van der Waals surface area (Å²) in [7, 11) is 0. The Labute approximate surface area is 141 Å². The number of carbonyl (C=O) groups is 2. The molecule has 0 atom stereocenters. The van der Waals surface area contributed by atoms with E-state index in [1.807, 2.05) is 47.6 Å². The van der Waals surface area contributed by atoms with Crippen molar-refractivity contribution in [1.29, 1.82) is 0 Å². The zero-order valence-corrected chi connectivity index (χ0v) is 14.0. The number of piperidine rings is 1. The maximum absolute atomic E-state index is 12.9. The van der Waals surface area contributed by atoms with Crippen molar-refractivity contribution in [2.45, 2.75) is 26.7 Å². The Morgan fingerprint density at radius 2 is 1.92 bits per heavy atom. The fourth-order valence-electron chi connectivity index (χ4n) is 3.36. The van der Waals surface area contributed by atoms with Crippen LogP contribution in [0.4, 0.5) is 0 Å². The van der Waals surface area contributed by atoms with Gasteiger partial charge in [0.05, 0.1) is 5.56 Å². The number of nitrogens with two attached hydrogens (primary N) is 1. The second kappa shape index (κ2) is 6.47. The quantitative estimate of drug-likeness (QED) is 0.934. The first-order chi connectivity index (χ1) is 11.5. The van der Waals surface area contributed by atoms with Crippen molar-refractivity contribution in [3.05, 3.63) is 47.4 Å². The molecule has 126 valence electrons. The van der Waals surface area contributed by atoms with E-state index in [0.29, 0.717) is 31.5 Å². The van der Waals surface area contributed by atoms with Crippen LogP contribution >= 0.6 is 0 Å². The lowest BCUT2D eigenvalue weighted by Crippen LogP contribution is -2.41. The normalized spacial score (nSPS) is 15.5. The third-order valence-electron chi connectivity index (χ3n) is 4.72. The smallest absolute Gasteiger partial charge is 0.255 e. The zero-order chi connectivity index (χ0) is 17.3. The molecular formula is C18H22N4O2. The van der Waals surface area contributed by atoms with E-state index in [4.69, 9.17) is 5.73 Å². The minimum absolute atomic E-state index is 0.00759. The minimum Gasteiger partial charge on any atom is -0.369 e. The molecule has 0 saturated carbocycles. The highest BCUT2D eigenvalue weighted by Crippen LogP contribution is 2.23. The average Bonchev–Trinajstić information content (AvgIpc) is 2.89. The highest BCUT2D eigenvalue weighted by molar-refractivity contribution is 5.96. The molecule has 2 amide bonds. The Kier molecular flexibility index (Phi) is 4.38. The molecule has 3 rings (SSSR count). The summed E-state index contributed by atoms with van der Waals surface area (Å²) in [4.78, 5) is 30.3. The average molecular weight is 326 g/mol. The molecule has 1 aliphatic heterocycles. The highest BCUT2D eigenvalue weighted by atomic mass is 16.2. The van der Waals surface area contributed by atoms with Crippen LogP contribution < -0.4 is 5.73 Å².